The molecular weight excluding hydrogens is 334 g/mol. The van der Waals surface area contributed by atoms with E-state index in [0.29, 0.717) is 10.6 Å². The standard InChI is InChI=1S/C17H16ClNO3S/c1-23(21,22)12-6-4-5-11(9-12)17(20)19-16-10-14(16)13-7-2-3-8-15(13)18/h2-9,14,16H,10H2,1H3,(H,19,20)/t14-,16-/m1/s1. The van der Waals surface area contributed by atoms with Gasteiger partial charge >= 0.3 is 0 Å². The van der Waals surface area contributed by atoms with Crippen molar-refractivity contribution in [2.24, 2.45) is 0 Å². The zero-order valence-electron chi connectivity index (χ0n) is 12.5. The van der Waals surface area contributed by atoms with Crippen LogP contribution in [0.3, 0.4) is 0 Å². The lowest BCUT2D eigenvalue weighted by atomic mass is 10.1. The van der Waals surface area contributed by atoms with Crippen molar-refractivity contribution in [3.05, 3.63) is 64.7 Å². The lowest BCUT2D eigenvalue weighted by Gasteiger charge is -2.07. The number of rotatable bonds is 4. The third-order valence-corrected chi connectivity index (χ3v) is 5.39. The van der Waals surface area contributed by atoms with Gasteiger partial charge in [-0.15, -0.1) is 0 Å². The van der Waals surface area contributed by atoms with Crippen LogP contribution in [0.2, 0.25) is 5.02 Å². The Labute approximate surface area is 140 Å². The molecule has 1 aliphatic rings. The van der Waals surface area contributed by atoms with Gasteiger partial charge in [-0.1, -0.05) is 35.9 Å². The van der Waals surface area contributed by atoms with Crippen molar-refractivity contribution in [3.63, 3.8) is 0 Å². The van der Waals surface area contributed by atoms with Crippen molar-refractivity contribution in [2.75, 3.05) is 6.26 Å². The Morgan fingerprint density at radius 3 is 2.61 bits per heavy atom. The van der Waals surface area contributed by atoms with Crippen molar-refractivity contribution < 1.29 is 13.2 Å². The van der Waals surface area contributed by atoms with Crippen LogP contribution >= 0.6 is 11.6 Å². The largest absolute Gasteiger partial charge is 0.349 e. The Balaban J connectivity index is 1.71. The molecule has 0 saturated heterocycles. The van der Waals surface area contributed by atoms with Crippen LogP contribution in [0.4, 0.5) is 0 Å². The van der Waals surface area contributed by atoms with E-state index in [0.717, 1.165) is 18.2 Å². The molecule has 3 rings (SSSR count). The molecule has 0 bridgehead atoms. The molecule has 0 aliphatic heterocycles. The number of hydrogen-bond donors (Lipinski definition) is 1. The van der Waals surface area contributed by atoms with E-state index in [1.165, 1.54) is 12.1 Å². The Kier molecular flexibility index (Phi) is 4.17. The topological polar surface area (TPSA) is 63.2 Å². The zero-order chi connectivity index (χ0) is 16.6. The summed E-state index contributed by atoms with van der Waals surface area (Å²) in [6.45, 7) is 0. The summed E-state index contributed by atoms with van der Waals surface area (Å²) >= 11 is 6.17. The first-order valence-electron chi connectivity index (χ1n) is 7.21. The molecule has 6 heteroatoms. The summed E-state index contributed by atoms with van der Waals surface area (Å²) in [6, 6.07) is 13.7. The highest BCUT2D eigenvalue weighted by molar-refractivity contribution is 7.90. The number of amides is 1. The average Bonchev–Trinajstić information content (AvgIpc) is 3.26. The van der Waals surface area contributed by atoms with Gasteiger partial charge in [0.25, 0.3) is 5.91 Å². The molecule has 0 spiro atoms. The maximum absolute atomic E-state index is 12.3. The molecular formula is C17H16ClNO3S. The first-order valence-corrected chi connectivity index (χ1v) is 9.48. The highest BCUT2D eigenvalue weighted by Gasteiger charge is 2.40. The molecule has 1 saturated carbocycles. The van der Waals surface area contributed by atoms with E-state index >= 15 is 0 Å². The van der Waals surface area contributed by atoms with E-state index in [2.05, 4.69) is 5.32 Å². The van der Waals surface area contributed by atoms with E-state index in [4.69, 9.17) is 11.6 Å². The minimum atomic E-state index is -3.33. The number of carbonyl (C=O) groups excluding carboxylic acids is 1. The predicted octanol–water partition coefficient (Wildman–Crippen LogP) is 3.03. The van der Waals surface area contributed by atoms with Gasteiger partial charge in [-0.05, 0) is 36.2 Å². The molecule has 0 unspecified atom stereocenters. The van der Waals surface area contributed by atoms with Gasteiger partial charge in [-0.2, -0.15) is 0 Å². The van der Waals surface area contributed by atoms with Gasteiger partial charge in [-0.25, -0.2) is 8.42 Å². The van der Waals surface area contributed by atoms with E-state index < -0.39 is 9.84 Å². The van der Waals surface area contributed by atoms with Crippen LogP contribution in [0.1, 0.15) is 28.3 Å². The first-order chi connectivity index (χ1) is 10.9. The fourth-order valence-electron chi connectivity index (χ4n) is 2.59. The second-order valence-electron chi connectivity index (χ2n) is 5.74. The molecule has 1 fully saturated rings. The molecule has 1 aliphatic carbocycles. The fourth-order valence-corrected chi connectivity index (χ4v) is 3.54. The number of sulfone groups is 1. The maximum Gasteiger partial charge on any atom is 0.251 e. The minimum absolute atomic E-state index is 0.0317. The van der Waals surface area contributed by atoms with E-state index in [1.54, 1.807) is 12.1 Å². The highest BCUT2D eigenvalue weighted by Crippen LogP contribution is 2.43. The number of hydrogen-bond acceptors (Lipinski definition) is 3. The van der Waals surface area contributed by atoms with Crippen molar-refractivity contribution in [1.29, 1.82) is 0 Å². The third-order valence-electron chi connectivity index (χ3n) is 3.94. The van der Waals surface area contributed by atoms with Gasteiger partial charge in [0.15, 0.2) is 9.84 Å². The molecule has 120 valence electrons. The van der Waals surface area contributed by atoms with E-state index in [9.17, 15) is 13.2 Å². The molecule has 1 amide bonds. The quantitative estimate of drug-likeness (QED) is 0.922. The molecule has 0 aromatic heterocycles. The smallest absolute Gasteiger partial charge is 0.251 e. The molecule has 2 aromatic rings. The van der Waals surface area contributed by atoms with Crippen molar-refractivity contribution in [3.8, 4) is 0 Å². The molecule has 0 radical (unpaired) electrons. The maximum atomic E-state index is 12.3. The average molecular weight is 350 g/mol. The Morgan fingerprint density at radius 2 is 1.91 bits per heavy atom. The molecule has 0 heterocycles. The van der Waals surface area contributed by atoms with Gasteiger partial charge in [-0.3, -0.25) is 4.79 Å². The second kappa shape index (κ2) is 5.98. The van der Waals surface area contributed by atoms with Crippen LogP contribution in [0, 0.1) is 0 Å². The molecule has 2 atom stereocenters. The highest BCUT2D eigenvalue weighted by atomic mass is 35.5. The Bertz CT molecular complexity index is 864. The van der Waals surface area contributed by atoms with Crippen LogP contribution in [0.5, 0.6) is 0 Å². The van der Waals surface area contributed by atoms with Crippen LogP contribution in [-0.4, -0.2) is 26.6 Å². The lowest BCUT2D eigenvalue weighted by Crippen LogP contribution is -2.26. The van der Waals surface area contributed by atoms with Gasteiger partial charge in [0.05, 0.1) is 4.90 Å². The Hall–Kier alpha value is -1.85. The predicted molar refractivity (Wildman–Crippen MR) is 89.6 cm³/mol. The minimum Gasteiger partial charge on any atom is -0.349 e. The summed E-state index contributed by atoms with van der Waals surface area (Å²) < 4.78 is 23.1. The summed E-state index contributed by atoms with van der Waals surface area (Å²) in [4.78, 5) is 12.4. The molecule has 4 nitrogen and oxygen atoms in total. The SMILES string of the molecule is CS(=O)(=O)c1cccc(C(=O)N[C@@H]2C[C@@H]2c2ccccc2Cl)c1. The number of carbonyl (C=O) groups is 1. The van der Waals surface area contributed by atoms with Gasteiger partial charge in [0.2, 0.25) is 0 Å². The van der Waals surface area contributed by atoms with Crippen molar-refractivity contribution in [2.45, 2.75) is 23.3 Å². The molecule has 23 heavy (non-hydrogen) atoms. The van der Waals surface area contributed by atoms with Gasteiger partial charge < -0.3 is 5.32 Å². The van der Waals surface area contributed by atoms with Gasteiger partial charge in [0.1, 0.15) is 0 Å². The van der Waals surface area contributed by atoms with E-state index in [-0.39, 0.29) is 22.8 Å². The monoisotopic (exact) mass is 349 g/mol. The normalized spacial score (nSPS) is 20.1. The van der Waals surface area contributed by atoms with Crippen LogP contribution in [0.25, 0.3) is 0 Å². The summed E-state index contributed by atoms with van der Waals surface area (Å²) in [5, 5.41) is 3.63. The summed E-state index contributed by atoms with van der Waals surface area (Å²) in [6.07, 6.45) is 1.96. The summed E-state index contributed by atoms with van der Waals surface area (Å²) in [5.74, 6) is -0.0548. The molecule has 1 N–H and O–H groups in total. The van der Waals surface area contributed by atoms with Gasteiger partial charge in [0, 0.05) is 28.8 Å². The Morgan fingerprint density at radius 1 is 1.17 bits per heavy atom. The zero-order valence-corrected chi connectivity index (χ0v) is 14.1. The molecule has 2 aromatic carbocycles. The lowest BCUT2D eigenvalue weighted by molar-refractivity contribution is 0.0950. The van der Waals surface area contributed by atoms with Crippen molar-refractivity contribution in [1.82, 2.24) is 5.32 Å². The van der Waals surface area contributed by atoms with Crippen molar-refractivity contribution >= 4 is 27.3 Å². The number of halogens is 1. The second-order valence-corrected chi connectivity index (χ2v) is 8.17. The third kappa shape index (κ3) is 3.57. The first kappa shape index (κ1) is 16.0. The number of nitrogens with one attached hydrogen (secondary N) is 1. The van der Waals surface area contributed by atoms with Crippen LogP contribution in [0.15, 0.2) is 53.4 Å². The number of benzene rings is 2. The fraction of sp³-hybridized carbons (Fsp3) is 0.235. The summed E-state index contributed by atoms with van der Waals surface area (Å²) in [7, 11) is -3.33. The van der Waals surface area contributed by atoms with E-state index in [1.807, 2.05) is 24.3 Å². The summed E-state index contributed by atoms with van der Waals surface area (Å²) in [5.41, 5.74) is 1.38. The van der Waals surface area contributed by atoms with Crippen LogP contribution in [-0.2, 0) is 9.84 Å². The van der Waals surface area contributed by atoms with Crippen LogP contribution < -0.4 is 5.32 Å².